The van der Waals surface area contributed by atoms with E-state index < -0.39 is 7.82 Å². The normalized spacial score (nSPS) is 46.3. The molecule has 0 bridgehead atoms. The number of hydrogen-bond donors (Lipinski definition) is 0. The molecule has 0 amide bonds. The van der Waals surface area contributed by atoms with Gasteiger partial charge in [0.05, 0.1) is 18.3 Å². The smallest absolute Gasteiger partial charge is 0.283 e. The first-order valence-electron chi connectivity index (χ1n) is 38.6. The maximum Gasteiger partial charge on any atom is 0.475 e. The molecule has 0 spiro atoms. The molecule has 86 heavy (non-hydrogen) atoms. The summed E-state index contributed by atoms with van der Waals surface area (Å²) in [5.74, 6) is 14.8. The topological polar surface area (TPSA) is 44.8 Å². The maximum atomic E-state index is 16.3. The average molecular weight is 1200 g/mol. The van der Waals surface area contributed by atoms with Crippen LogP contribution in [0.3, 0.4) is 0 Å². The Kier molecular flexibility index (Phi) is 19.2. The van der Waals surface area contributed by atoms with Crippen LogP contribution in [-0.4, -0.2) is 18.3 Å². The highest BCUT2D eigenvalue weighted by atomic mass is 31.2. The van der Waals surface area contributed by atoms with E-state index >= 15 is 4.57 Å². The average Bonchev–Trinajstić information content (AvgIpc) is 1.41. The van der Waals surface area contributed by atoms with Gasteiger partial charge in [-0.25, -0.2) is 4.57 Å². The zero-order valence-electron chi connectivity index (χ0n) is 58.8. The van der Waals surface area contributed by atoms with E-state index in [-0.39, 0.29) is 34.6 Å². The molecule has 12 rings (SSSR count). The minimum Gasteiger partial charge on any atom is -0.283 e. The molecule has 0 aromatic rings. The van der Waals surface area contributed by atoms with Crippen molar-refractivity contribution in [2.75, 3.05) is 0 Å². The lowest BCUT2D eigenvalue weighted by molar-refractivity contribution is -0.0683. The number of hydrogen-bond acceptors (Lipinski definition) is 4. The fourth-order valence-electron chi connectivity index (χ4n) is 26.8. The highest BCUT2D eigenvalue weighted by molar-refractivity contribution is 7.48. The summed E-state index contributed by atoms with van der Waals surface area (Å²) < 4.78 is 38.1. The Hall–Kier alpha value is -0.670. The van der Waals surface area contributed by atoms with Crippen LogP contribution >= 0.6 is 7.82 Å². The van der Waals surface area contributed by atoms with E-state index in [2.05, 4.69) is 122 Å². The highest BCUT2D eigenvalue weighted by Gasteiger charge is 2.63. The van der Waals surface area contributed by atoms with E-state index in [1.165, 1.54) is 154 Å². The molecule has 0 aromatic carbocycles. The van der Waals surface area contributed by atoms with Crippen LogP contribution in [0.4, 0.5) is 0 Å². The van der Waals surface area contributed by atoms with E-state index in [9.17, 15) is 0 Å². The van der Waals surface area contributed by atoms with Crippen molar-refractivity contribution in [1.82, 2.24) is 0 Å². The molecule has 0 saturated heterocycles. The number of phosphoric acid groups is 1. The molecule has 0 aromatic heterocycles. The Bertz CT molecular complexity index is 2240. The summed E-state index contributed by atoms with van der Waals surface area (Å²) in [5.41, 5.74) is 6.93. The Labute approximate surface area is 531 Å². The second kappa shape index (κ2) is 25.2. The van der Waals surface area contributed by atoms with Gasteiger partial charge >= 0.3 is 7.82 Å². The molecular formula is C81H135O4P. The summed E-state index contributed by atoms with van der Waals surface area (Å²) in [7, 11) is -3.96. The van der Waals surface area contributed by atoms with Crippen molar-refractivity contribution in [3.63, 3.8) is 0 Å². The first-order valence-corrected chi connectivity index (χ1v) is 40.0. The third-order valence-corrected chi connectivity index (χ3v) is 33.3. The van der Waals surface area contributed by atoms with Crippen molar-refractivity contribution in [2.45, 2.75) is 334 Å². The lowest BCUT2D eigenvalue weighted by Gasteiger charge is -2.59. The lowest BCUT2D eigenvalue weighted by atomic mass is 9.47. The first kappa shape index (κ1) is 65.4. The second-order valence-corrected chi connectivity index (χ2v) is 38.8. The minimum atomic E-state index is -3.96. The van der Waals surface area contributed by atoms with Crippen molar-refractivity contribution < 1.29 is 18.1 Å². The van der Waals surface area contributed by atoms with Gasteiger partial charge in [-0.2, -0.15) is 0 Å². The largest absolute Gasteiger partial charge is 0.475 e. The number of phosphoric ester groups is 1. The number of rotatable bonds is 21. The monoisotopic (exact) mass is 1200 g/mol. The van der Waals surface area contributed by atoms with Crippen LogP contribution in [0.15, 0.2) is 34.9 Å². The van der Waals surface area contributed by atoms with E-state index in [1.54, 1.807) is 16.7 Å². The predicted octanol–water partition coefficient (Wildman–Crippen LogP) is 24.4. The maximum absolute atomic E-state index is 16.3. The molecule has 0 heterocycles. The highest BCUT2D eigenvalue weighted by Crippen LogP contribution is 2.73. The van der Waals surface area contributed by atoms with Gasteiger partial charge in [0.2, 0.25) is 0 Å². The number of allylic oxidation sites excluding steroid dienone is 3. The Morgan fingerprint density at radius 3 is 0.919 bits per heavy atom. The lowest BCUT2D eigenvalue weighted by Crippen LogP contribution is -2.51. The molecule has 9 fully saturated rings. The van der Waals surface area contributed by atoms with Crippen LogP contribution in [0, 0.1) is 139 Å². The summed E-state index contributed by atoms with van der Waals surface area (Å²) in [6.45, 7) is 38.5. The standard InChI is InChI=1S/C81H135O4P/c1-52(2)19-16-22-55(7)67-31-34-70-64-28-25-58-49-61(37-43-76(58,10)73(64)40-46-79(67,70)13)83-86(82,84-62-38-44-77(11)59(50-62)26-29-65-71-35-32-68(56(8)23-17-20-53(3)4)80(71,14)47-41-74(65)77)85-63-39-45-78(12)60(51-63)27-30-66-72-36-33-69(57(9)24-18-21-54(5)6)81(72,15)48-42-75(66)78/h25-27,52-57,61-75H,16-24,28-51H2,1-15H3/t55-,56-,57-,61+,62+,63+,64+,65+,66+,67-,68-,69-,70+,71+,72+,73+,74+,75+,76+,77+,78+,79-,80-,81-/m1/s1. The molecular weight excluding hydrogens is 1070 g/mol. The summed E-state index contributed by atoms with van der Waals surface area (Å²) in [4.78, 5) is 0. The molecule has 0 radical (unpaired) electrons. The molecule has 0 N–H and O–H groups in total. The van der Waals surface area contributed by atoms with E-state index in [0.29, 0.717) is 16.2 Å². The van der Waals surface area contributed by atoms with Crippen LogP contribution in [0.25, 0.3) is 0 Å². The van der Waals surface area contributed by atoms with Crippen LogP contribution < -0.4 is 0 Å². The molecule has 12 aliphatic carbocycles. The van der Waals surface area contributed by atoms with Gasteiger partial charge in [-0.05, 0) is 293 Å². The number of fused-ring (bicyclic) bond motifs is 15. The third kappa shape index (κ3) is 11.8. The van der Waals surface area contributed by atoms with E-state index in [1.807, 2.05) is 0 Å². The zero-order valence-corrected chi connectivity index (χ0v) is 59.7. The van der Waals surface area contributed by atoms with Crippen LogP contribution in [0.5, 0.6) is 0 Å². The molecule has 5 heteroatoms. The van der Waals surface area contributed by atoms with Crippen LogP contribution in [-0.2, 0) is 18.1 Å². The van der Waals surface area contributed by atoms with Crippen molar-refractivity contribution in [2.24, 2.45) is 139 Å². The van der Waals surface area contributed by atoms with Gasteiger partial charge in [-0.15, -0.1) is 0 Å². The van der Waals surface area contributed by atoms with E-state index in [0.717, 1.165) is 164 Å². The molecule has 12 aliphatic rings. The second-order valence-electron chi connectivity index (χ2n) is 37.2. The molecule has 488 valence electrons. The minimum absolute atomic E-state index is 0.130. The summed E-state index contributed by atoms with van der Waals surface area (Å²) in [6.07, 6.45) is 49.9. The van der Waals surface area contributed by atoms with Gasteiger partial charge < -0.3 is 0 Å². The summed E-state index contributed by atoms with van der Waals surface area (Å²) in [5, 5.41) is 0. The van der Waals surface area contributed by atoms with Gasteiger partial charge in [0.1, 0.15) is 0 Å². The SMILES string of the molecule is CC(C)CCC[C@@H](C)[C@H]1CC[C@H]2[C@@H]3CC=C4C[C@@H](OP(=O)(O[C@H]5CC[C@@]6(C)C(=CC[C@H]7[C@@H]8CC[C@H]([C@H](C)CCCC(C)C)[C@@]8(C)CC[C@@H]76)C5)O[C@H]5CC[C@@]6(C)C(=CC[C@H]7[C@@H]8CC[C@H]([C@H](C)CCCC(C)C)[C@@]8(C)CC[C@@H]76)C5)CC[C@]4(C)[C@H]3CC[C@]12C. The Balaban J connectivity index is 0.749. The fourth-order valence-corrected chi connectivity index (χ4v) is 28.6. The first-order chi connectivity index (χ1) is 40.8. The molecule has 0 unspecified atom stereocenters. The van der Waals surface area contributed by atoms with Gasteiger partial charge in [0, 0.05) is 0 Å². The molecule has 4 nitrogen and oxygen atoms in total. The van der Waals surface area contributed by atoms with Crippen molar-refractivity contribution in [3.05, 3.63) is 34.9 Å². The van der Waals surface area contributed by atoms with Gasteiger partial charge in [-0.1, -0.05) is 197 Å². The van der Waals surface area contributed by atoms with Gasteiger partial charge in [0.15, 0.2) is 0 Å². The van der Waals surface area contributed by atoms with Crippen molar-refractivity contribution in [1.29, 1.82) is 0 Å². The van der Waals surface area contributed by atoms with Crippen LogP contribution in [0.2, 0.25) is 0 Å². The third-order valence-electron chi connectivity index (χ3n) is 31.6. The Morgan fingerprint density at radius 1 is 0.372 bits per heavy atom. The van der Waals surface area contributed by atoms with Crippen molar-refractivity contribution in [3.8, 4) is 0 Å². The predicted molar refractivity (Wildman–Crippen MR) is 361 cm³/mol. The van der Waals surface area contributed by atoms with Crippen molar-refractivity contribution >= 4 is 7.82 Å². The fraction of sp³-hybridized carbons (Fsp3) is 0.926. The Morgan fingerprint density at radius 2 is 0.651 bits per heavy atom. The zero-order chi connectivity index (χ0) is 60.9. The van der Waals surface area contributed by atoms with Crippen LogP contribution in [0.1, 0.15) is 316 Å². The quantitative estimate of drug-likeness (QED) is 0.0849. The van der Waals surface area contributed by atoms with E-state index in [4.69, 9.17) is 13.6 Å². The van der Waals surface area contributed by atoms with Gasteiger partial charge in [0.25, 0.3) is 0 Å². The molecule has 9 saturated carbocycles. The summed E-state index contributed by atoms with van der Waals surface area (Å²) >= 11 is 0. The summed E-state index contributed by atoms with van der Waals surface area (Å²) in [6, 6.07) is 0. The molecule has 0 aliphatic heterocycles. The molecule has 24 atom stereocenters. The van der Waals surface area contributed by atoms with Gasteiger partial charge in [-0.3, -0.25) is 13.6 Å².